The molecular weight excluding hydrogens is 346 g/mol. The normalized spacial score (nSPS) is 18.0. The molecule has 1 atom stereocenters. The summed E-state index contributed by atoms with van der Waals surface area (Å²) >= 11 is 0. The molecule has 144 valence electrons. The summed E-state index contributed by atoms with van der Waals surface area (Å²) in [6.45, 7) is 5.70. The number of anilines is 1. The summed E-state index contributed by atoms with van der Waals surface area (Å²) in [6, 6.07) is 2.00. The van der Waals surface area contributed by atoms with E-state index in [0.29, 0.717) is 6.61 Å². The van der Waals surface area contributed by atoms with Gasteiger partial charge < -0.3 is 19.1 Å². The van der Waals surface area contributed by atoms with Crippen molar-refractivity contribution in [2.24, 2.45) is 0 Å². The molecule has 0 amide bonds. The van der Waals surface area contributed by atoms with Crippen LogP contribution in [0.3, 0.4) is 0 Å². The van der Waals surface area contributed by atoms with Gasteiger partial charge >= 0.3 is 0 Å². The second-order valence-electron chi connectivity index (χ2n) is 6.82. The highest BCUT2D eigenvalue weighted by Crippen LogP contribution is 2.32. The van der Waals surface area contributed by atoms with Crippen molar-refractivity contribution < 1.29 is 14.2 Å². The third-order valence-corrected chi connectivity index (χ3v) is 4.79. The molecule has 1 fully saturated rings. The van der Waals surface area contributed by atoms with Gasteiger partial charge in [-0.15, -0.1) is 0 Å². The van der Waals surface area contributed by atoms with Gasteiger partial charge in [0.25, 0.3) is 0 Å². The number of nitrogens with zero attached hydrogens (tertiary/aromatic N) is 4. The number of hydrogen-bond donors (Lipinski definition) is 1. The Bertz CT molecular complexity index is 813. The molecule has 0 aromatic carbocycles. The zero-order chi connectivity index (χ0) is 18.6. The van der Waals surface area contributed by atoms with E-state index >= 15 is 0 Å². The number of rotatable bonds is 6. The Kier molecular flexibility index (Phi) is 5.35. The fourth-order valence-electron chi connectivity index (χ4n) is 3.47. The van der Waals surface area contributed by atoms with E-state index in [-0.39, 0.29) is 6.10 Å². The Morgan fingerprint density at radius 2 is 2.11 bits per heavy atom. The Hall–Kier alpha value is -2.45. The molecule has 4 rings (SSSR count). The van der Waals surface area contributed by atoms with Crippen LogP contribution in [-0.2, 0) is 20.6 Å². The minimum Gasteiger partial charge on any atom is -0.493 e. The Morgan fingerprint density at radius 1 is 1.26 bits per heavy atom. The first-order chi connectivity index (χ1) is 13.2. The van der Waals surface area contributed by atoms with Crippen molar-refractivity contribution in [2.75, 3.05) is 44.9 Å². The third-order valence-electron chi connectivity index (χ3n) is 4.79. The van der Waals surface area contributed by atoms with Crippen molar-refractivity contribution in [1.82, 2.24) is 20.2 Å². The first-order valence-electron chi connectivity index (χ1n) is 9.33. The van der Waals surface area contributed by atoms with Gasteiger partial charge in [0.15, 0.2) is 0 Å². The average molecular weight is 371 g/mol. The number of H-pyrrole nitrogens is 1. The van der Waals surface area contributed by atoms with Gasteiger partial charge in [0, 0.05) is 43.9 Å². The van der Waals surface area contributed by atoms with E-state index in [1.54, 1.807) is 13.4 Å². The summed E-state index contributed by atoms with van der Waals surface area (Å²) < 4.78 is 16.6. The van der Waals surface area contributed by atoms with Crippen molar-refractivity contribution >= 4 is 11.9 Å². The van der Waals surface area contributed by atoms with E-state index < -0.39 is 0 Å². The van der Waals surface area contributed by atoms with E-state index in [9.17, 15) is 0 Å². The molecule has 2 aromatic rings. The van der Waals surface area contributed by atoms with Crippen LogP contribution in [0.15, 0.2) is 18.2 Å². The van der Waals surface area contributed by atoms with Gasteiger partial charge in [-0.05, 0) is 19.4 Å². The Balaban J connectivity index is 1.60. The number of hydrogen-bond acceptors (Lipinski definition) is 7. The minimum absolute atomic E-state index is 0.0186. The third kappa shape index (κ3) is 3.96. The largest absolute Gasteiger partial charge is 0.493 e. The Labute approximate surface area is 158 Å². The highest BCUT2D eigenvalue weighted by Gasteiger charge is 2.22. The summed E-state index contributed by atoms with van der Waals surface area (Å²) in [5, 5.41) is 7.67. The number of aromatic nitrogens is 4. The van der Waals surface area contributed by atoms with Gasteiger partial charge in [0.05, 0.1) is 31.3 Å². The maximum atomic E-state index is 6.01. The van der Waals surface area contributed by atoms with Crippen LogP contribution < -0.4 is 4.90 Å². The van der Waals surface area contributed by atoms with Gasteiger partial charge in [-0.25, -0.2) is 9.97 Å². The molecule has 3 heterocycles. The zero-order valence-electron chi connectivity index (χ0n) is 15.8. The number of methoxy groups -OCH3 is 1. The molecule has 27 heavy (non-hydrogen) atoms. The first-order valence-corrected chi connectivity index (χ1v) is 9.33. The van der Waals surface area contributed by atoms with E-state index in [4.69, 9.17) is 14.2 Å². The van der Waals surface area contributed by atoms with E-state index in [1.165, 1.54) is 0 Å². The fourth-order valence-corrected chi connectivity index (χ4v) is 3.47. The monoisotopic (exact) mass is 371 g/mol. The second kappa shape index (κ2) is 8.06. The van der Waals surface area contributed by atoms with Crippen LogP contribution in [0.4, 0.5) is 5.82 Å². The number of morpholine rings is 1. The van der Waals surface area contributed by atoms with Crippen molar-refractivity contribution in [3.05, 3.63) is 29.4 Å². The van der Waals surface area contributed by atoms with Crippen molar-refractivity contribution in [3.8, 4) is 11.4 Å². The predicted octanol–water partition coefficient (Wildman–Crippen LogP) is 2.04. The topological polar surface area (TPSA) is 85.4 Å². The van der Waals surface area contributed by atoms with Crippen LogP contribution in [0.2, 0.25) is 0 Å². The van der Waals surface area contributed by atoms with Crippen LogP contribution in [0.25, 0.3) is 17.5 Å². The first kappa shape index (κ1) is 17.9. The van der Waals surface area contributed by atoms with Gasteiger partial charge in [-0.1, -0.05) is 0 Å². The molecule has 1 aliphatic heterocycles. The summed E-state index contributed by atoms with van der Waals surface area (Å²) in [5.74, 6) is 1.86. The molecule has 2 aromatic heterocycles. The van der Waals surface area contributed by atoms with Gasteiger partial charge in [0.2, 0.25) is 0 Å². The number of ether oxygens (including phenoxy) is 3. The van der Waals surface area contributed by atoms with Gasteiger partial charge in [-0.2, -0.15) is 5.10 Å². The maximum Gasteiger partial charge on any atom is 0.132 e. The number of nitrogens with one attached hydrogen (secondary N) is 1. The molecular formula is C19H25N5O3. The summed E-state index contributed by atoms with van der Waals surface area (Å²) in [5.41, 5.74) is 3.81. The molecule has 8 nitrogen and oxygen atoms in total. The number of aromatic amines is 1. The SMILES string of the molecule is COC[C@H](C)OC1=Cc2c(-c3cc(N4CCOCC4)ncn3)n[nH]c2CC1. The van der Waals surface area contributed by atoms with E-state index in [0.717, 1.165) is 73.4 Å². The summed E-state index contributed by atoms with van der Waals surface area (Å²) in [4.78, 5) is 11.1. The minimum atomic E-state index is 0.0186. The van der Waals surface area contributed by atoms with Crippen LogP contribution >= 0.6 is 0 Å². The Morgan fingerprint density at radius 3 is 2.93 bits per heavy atom. The molecule has 0 spiro atoms. The molecule has 2 aliphatic rings. The molecule has 0 bridgehead atoms. The maximum absolute atomic E-state index is 6.01. The van der Waals surface area contributed by atoms with Crippen molar-refractivity contribution in [1.29, 1.82) is 0 Å². The smallest absolute Gasteiger partial charge is 0.132 e. The molecule has 1 saturated heterocycles. The molecule has 0 saturated carbocycles. The highest BCUT2D eigenvalue weighted by atomic mass is 16.5. The highest BCUT2D eigenvalue weighted by molar-refractivity contribution is 5.74. The lowest BCUT2D eigenvalue weighted by Gasteiger charge is -2.27. The quantitative estimate of drug-likeness (QED) is 0.832. The van der Waals surface area contributed by atoms with Gasteiger partial charge in [0.1, 0.15) is 23.9 Å². The van der Waals surface area contributed by atoms with Gasteiger partial charge in [-0.3, -0.25) is 5.10 Å². The molecule has 1 aliphatic carbocycles. The van der Waals surface area contributed by atoms with Crippen LogP contribution in [0.1, 0.15) is 24.6 Å². The molecule has 0 unspecified atom stereocenters. The second-order valence-corrected chi connectivity index (χ2v) is 6.82. The molecule has 8 heteroatoms. The molecule has 0 radical (unpaired) electrons. The number of allylic oxidation sites excluding steroid dienone is 1. The lowest BCUT2D eigenvalue weighted by Crippen LogP contribution is -2.36. The van der Waals surface area contributed by atoms with Crippen LogP contribution in [0.5, 0.6) is 0 Å². The standard InChI is InChI=1S/C19H25N5O3/c1-13(11-25-2)27-14-3-4-16-15(9-14)19(23-22-16)17-10-18(21-12-20-17)24-5-7-26-8-6-24/h9-10,12-13H,3-8,11H2,1-2H3,(H,22,23)/t13-/m0/s1. The zero-order valence-corrected chi connectivity index (χ0v) is 15.8. The number of fused-ring (bicyclic) bond motifs is 1. The summed E-state index contributed by atoms with van der Waals surface area (Å²) in [7, 11) is 1.68. The predicted molar refractivity (Wildman–Crippen MR) is 101 cm³/mol. The average Bonchev–Trinajstić information content (AvgIpc) is 3.12. The lowest BCUT2D eigenvalue weighted by atomic mass is 10.00. The van der Waals surface area contributed by atoms with Crippen LogP contribution in [0, 0.1) is 0 Å². The van der Waals surface area contributed by atoms with E-state index in [1.807, 2.05) is 13.0 Å². The van der Waals surface area contributed by atoms with E-state index in [2.05, 4.69) is 31.1 Å². The molecule has 1 N–H and O–H groups in total. The van der Waals surface area contributed by atoms with Crippen molar-refractivity contribution in [2.45, 2.75) is 25.9 Å². The lowest BCUT2D eigenvalue weighted by molar-refractivity contribution is 0.0459. The van der Waals surface area contributed by atoms with Crippen molar-refractivity contribution in [3.63, 3.8) is 0 Å². The summed E-state index contributed by atoms with van der Waals surface area (Å²) in [6.07, 6.45) is 5.41. The van der Waals surface area contributed by atoms with Crippen LogP contribution in [-0.4, -0.2) is 66.3 Å². The number of aryl methyl sites for hydroxylation is 1. The fraction of sp³-hybridized carbons (Fsp3) is 0.526.